The van der Waals surface area contributed by atoms with Crippen LogP contribution in [0.25, 0.3) is 11.3 Å². The van der Waals surface area contributed by atoms with E-state index < -0.39 is 0 Å². The predicted octanol–water partition coefficient (Wildman–Crippen LogP) is 4.12. The number of rotatable bonds is 4. The summed E-state index contributed by atoms with van der Waals surface area (Å²) in [5.41, 5.74) is 3.52. The summed E-state index contributed by atoms with van der Waals surface area (Å²) >= 11 is 7.26. The van der Waals surface area contributed by atoms with Crippen LogP contribution in [0.4, 0.5) is 10.8 Å². The molecule has 0 radical (unpaired) electrons. The van der Waals surface area contributed by atoms with Crippen molar-refractivity contribution in [2.45, 2.75) is 0 Å². The first kappa shape index (κ1) is 20.3. The van der Waals surface area contributed by atoms with Gasteiger partial charge in [0.25, 0.3) is 0 Å². The van der Waals surface area contributed by atoms with Crippen LogP contribution in [0.15, 0.2) is 60.0 Å². The number of piperazine rings is 1. The molecule has 0 aliphatic carbocycles. The van der Waals surface area contributed by atoms with Crippen LogP contribution in [0.1, 0.15) is 10.4 Å². The minimum absolute atomic E-state index is 0.349. The van der Waals surface area contributed by atoms with Gasteiger partial charge in [0.1, 0.15) is 0 Å². The Morgan fingerprint density at radius 2 is 1.77 bits per heavy atom. The number of hydrogen-bond acceptors (Lipinski definition) is 6. The van der Waals surface area contributed by atoms with Crippen molar-refractivity contribution in [2.75, 3.05) is 43.5 Å². The lowest BCUT2D eigenvalue weighted by Crippen LogP contribution is -2.50. The molecule has 0 amide bonds. The Morgan fingerprint density at radius 1 is 1.07 bits per heavy atom. The SMILES string of the molecule is COC(=O)c1ccc(NC(=S)N2CCN(c3nc(-c4ccccc4)cs3)CC2)cc1. The van der Waals surface area contributed by atoms with E-state index in [0.717, 1.165) is 48.3 Å². The highest BCUT2D eigenvalue weighted by atomic mass is 32.1. The second-order valence-corrected chi connectivity index (χ2v) is 8.08. The number of methoxy groups -OCH3 is 1. The van der Waals surface area contributed by atoms with E-state index in [9.17, 15) is 4.79 Å². The summed E-state index contributed by atoms with van der Waals surface area (Å²) in [6.07, 6.45) is 0. The van der Waals surface area contributed by atoms with Crippen LogP contribution in [0.5, 0.6) is 0 Å². The number of ether oxygens (including phenoxy) is 1. The summed E-state index contributed by atoms with van der Waals surface area (Å²) in [6, 6.07) is 17.3. The molecule has 30 heavy (non-hydrogen) atoms. The molecule has 0 bridgehead atoms. The van der Waals surface area contributed by atoms with Gasteiger partial charge >= 0.3 is 5.97 Å². The molecular weight excluding hydrogens is 416 g/mol. The van der Waals surface area contributed by atoms with Gasteiger partial charge in [-0.3, -0.25) is 0 Å². The summed E-state index contributed by atoms with van der Waals surface area (Å²) in [4.78, 5) is 20.8. The first-order chi connectivity index (χ1) is 14.6. The van der Waals surface area contributed by atoms with Crippen LogP contribution in [0.3, 0.4) is 0 Å². The number of carbonyl (C=O) groups excluding carboxylic acids is 1. The molecule has 6 nitrogen and oxygen atoms in total. The summed E-state index contributed by atoms with van der Waals surface area (Å²) < 4.78 is 4.72. The second kappa shape index (κ2) is 9.23. The maximum Gasteiger partial charge on any atom is 0.337 e. The molecule has 3 aromatic rings. The van der Waals surface area contributed by atoms with Crippen LogP contribution >= 0.6 is 23.6 Å². The molecule has 1 aromatic heterocycles. The molecule has 1 aliphatic heterocycles. The number of hydrogen-bond donors (Lipinski definition) is 1. The monoisotopic (exact) mass is 438 g/mol. The summed E-state index contributed by atoms with van der Waals surface area (Å²) in [5.74, 6) is -0.349. The zero-order valence-electron chi connectivity index (χ0n) is 16.6. The number of benzene rings is 2. The number of nitrogens with zero attached hydrogens (tertiary/aromatic N) is 3. The third-order valence-electron chi connectivity index (χ3n) is 4.96. The van der Waals surface area contributed by atoms with E-state index in [0.29, 0.717) is 10.7 Å². The molecule has 0 spiro atoms. The van der Waals surface area contributed by atoms with Crippen LogP contribution < -0.4 is 10.2 Å². The first-order valence-electron chi connectivity index (χ1n) is 9.64. The average Bonchev–Trinajstić information content (AvgIpc) is 3.30. The van der Waals surface area contributed by atoms with Crippen molar-refractivity contribution in [2.24, 2.45) is 0 Å². The Morgan fingerprint density at radius 3 is 2.43 bits per heavy atom. The van der Waals surface area contributed by atoms with E-state index in [-0.39, 0.29) is 5.97 Å². The fraction of sp³-hybridized carbons (Fsp3) is 0.227. The standard InChI is InChI=1S/C22H22N4O2S2/c1-28-20(27)17-7-9-18(10-8-17)23-21(29)25-11-13-26(14-12-25)22-24-19(15-30-22)16-5-3-2-4-6-16/h2-10,15H,11-14H2,1H3,(H,23,29). The number of esters is 1. The predicted molar refractivity (Wildman–Crippen MR) is 125 cm³/mol. The van der Waals surface area contributed by atoms with Crippen molar-refractivity contribution in [3.8, 4) is 11.3 Å². The van der Waals surface area contributed by atoms with Gasteiger partial charge in [-0.25, -0.2) is 9.78 Å². The smallest absolute Gasteiger partial charge is 0.337 e. The molecule has 0 atom stereocenters. The maximum atomic E-state index is 11.5. The zero-order valence-corrected chi connectivity index (χ0v) is 18.2. The van der Waals surface area contributed by atoms with Gasteiger partial charge in [-0.15, -0.1) is 11.3 Å². The van der Waals surface area contributed by atoms with Gasteiger partial charge in [0.05, 0.1) is 18.4 Å². The van der Waals surface area contributed by atoms with Crippen LogP contribution in [-0.2, 0) is 4.74 Å². The Bertz CT molecular complexity index is 1010. The van der Waals surface area contributed by atoms with E-state index in [1.54, 1.807) is 23.5 Å². The molecule has 1 N–H and O–H groups in total. The Balaban J connectivity index is 1.31. The normalized spacial score (nSPS) is 13.8. The van der Waals surface area contributed by atoms with Crippen LogP contribution in [0.2, 0.25) is 0 Å². The fourth-order valence-corrected chi connectivity index (χ4v) is 4.45. The average molecular weight is 439 g/mol. The zero-order chi connectivity index (χ0) is 20.9. The van der Waals surface area contributed by atoms with Gasteiger partial charge in [0.2, 0.25) is 0 Å². The highest BCUT2D eigenvalue weighted by Crippen LogP contribution is 2.28. The maximum absolute atomic E-state index is 11.5. The van der Waals surface area contributed by atoms with Gasteiger partial charge in [-0.2, -0.15) is 0 Å². The van der Waals surface area contributed by atoms with E-state index in [2.05, 4.69) is 32.6 Å². The number of thiocarbonyl (C=S) groups is 1. The van der Waals surface area contributed by atoms with Gasteiger partial charge in [-0.05, 0) is 36.5 Å². The summed E-state index contributed by atoms with van der Waals surface area (Å²) in [7, 11) is 1.37. The minimum Gasteiger partial charge on any atom is -0.465 e. The van der Waals surface area contributed by atoms with E-state index in [1.165, 1.54) is 7.11 Å². The lowest BCUT2D eigenvalue weighted by molar-refractivity contribution is 0.0601. The molecule has 0 saturated carbocycles. The molecule has 8 heteroatoms. The molecule has 1 saturated heterocycles. The largest absolute Gasteiger partial charge is 0.465 e. The molecule has 0 unspecified atom stereocenters. The van der Waals surface area contributed by atoms with Gasteiger partial charge in [0.15, 0.2) is 10.2 Å². The van der Waals surface area contributed by atoms with Crippen LogP contribution in [-0.4, -0.2) is 54.3 Å². The Hall–Kier alpha value is -2.97. The van der Waals surface area contributed by atoms with E-state index >= 15 is 0 Å². The topological polar surface area (TPSA) is 57.7 Å². The lowest BCUT2D eigenvalue weighted by Gasteiger charge is -2.36. The molecule has 1 fully saturated rings. The van der Waals surface area contributed by atoms with E-state index in [4.69, 9.17) is 21.9 Å². The summed E-state index contributed by atoms with van der Waals surface area (Å²) in [6.45, 7) is 3.38. The van der Waals surface area contributed by atoms with Gasteiger partial charge < -0.3 is 19.9 Å². The van der Waals surface area contributed by atoms with Crippen LogP contribution in [0, 0.1) is 0 Å². The quantitative estimate of drug-likeness (QED) is 0.486. The summed E-state index contributed by atoms with van der Waals surface area (Å²) in [5, 5.41) is 7.09. The molecule has 4 rings (SSSR count). The van der Waals surface area contributed by atoms with Crippen molar-refractivity contribution in [3.05, 3.63) is 65.5 Å². The minimum atomic E-state index is -0.349. The Labute approximate surface area is 185 Å². The fourth-order valence-electron chi connectivity index (χ4n) is 3.26. The third kappa shape index (κ3) is 4.60. The van der Waals surface area contributed by atoms with Crippen molar-refractivity contribution < 1.29 is 9.53 Å². The highest BCUT2D eigenvalue weighted by molar-refractivity contribution is 7.80. The molecule has 1 aliphatic rings. The second-order valence-electron chi connectivity index (χ2n) is 6.85. The van der Waals surface area contributed by atoms with Crippen molar-refractivity contribution in [1.29, 1.82) is 0 Å². The van der Waals surface area contributed by atoms with Crippen molar-refractivity contribution in [3.63, 3.8) is 0 Å². The lowest BCUT2D eigenvalue weighted by atomic mass is 10.2. The third-order valence-corrected chi connectivity index (χ3v) is 6.22. The van der Waals surface area contributed by atoms with Gasteiger partial charge in [-0.1, -0.05) is 30.3 Å². The van der Waals surface area contributed by atoms with Crippen molar-refractivity contribution in [1.82, 2.24) is 9.88 Å². The van der Waals surface area contributed by atoms with E-state index in [1.807, 2.05) is 30.3 Å². The van der Waals surface area contributed by atoms with Crippen molar-refractivity contribution >= 4 is 45.5 Å². The molecule has 154 valence electrons. The molecular formula is C22H22N4O2S2. The molecule has 2 heterocycles. The number of thiazole rings is 1. The Kier molecular flexibility index (Phi) is 6.25. The first-order valence-corrected chi connectivity index (χ1v) is 10.9. The van der Waals surface area contributed by atoms with Gasteiger partial charge in [0, 0.05) is 42.8 Å². The number of anilines is 2. The number of nitrogens with one attached hydrogen (secondary N) is 1. The number of aromatic nitrogens is 1. The number of carbonyl (C=O) groups is 1. The highest BCUT2D eigenvalue weighted by Gasteiger charge is 2.21. The molecule has 2 aromatic carbocycles.